The molecule has 2 aliphatic rings. The highest BCUT2D eigenvalue weighted by Crippen LogP contribution is 2.33. The number of benzene rings is 1. The molecule has 23 heavy (non-hydrogen) atoms. The summed E-state index contributed by atoms with van der Waals surface area (Å²) in [6, 6.07) is 7.58. The molecule has 3 atom stereocenters. The Morgan fingerprint density at radius 3 is 2.87 bits per heavy atom. The Morgan fingerprint density at radius 2 is 2.09 bits per heavy atom. The molecule has 1 saturated carbocycles. The molecule has 1 N–H and O–H groups in total. The number of nitrogens with zero attached hydrogens (tertiary/aromatic N) is 1. The molecule has 1 heterocycles. The third-order valence-corrected chi connectivity index (χ3v) is 4.68. The van der Waals surface area contributed by atoms with E-state index < -0.39 is 6.10 Å². The number of carbonyl (C=O) groups excluding carboxylic acids is 2. The highest BCUT2D eigenvalue weighted by molar-refractivity contribution is 6.03. The molecule has 124 valence electrons. The Kier molecular flexibility index (Phi) is 4.55. The van der Waals surface area contributed by atoms with E-state index in [1.807, 2.05) is 24.3 Å². The minimum Gasteiger partial charge on any atom is -0.479 e. The summed E-state index contributed by atoms with van der Waals surface area (Å²) in [4.78, 5) is 26.3. The summed E-state index contributed by atoms with van der Waals surface area (Å²) in [5, 5.41) is 3.09. The first-order chi connectivity index (χ1) is 11.0. The van der Waals surface area contributed by atoms with E-state index in [2.05, 4.69) is 12.2 Å². The highest BCUT2D eigenvalue weighted by Gasteiger charge is 2.33. The van der Waals surface area contributed by atoms with E-state index in [1.165, 1.54) is 11.3 Å². The van der Waals surface area contributed by atoms with Gasteiger partial charge < -0.3 is 10.1 Å². The second kappa shape index (κ2) is 6.60. The van der Waals surface area contributed by atoms with Crippen LogP contribution in [0.4, 0.5) is 5.69 Å². The molecule has 0 saturated heterocycles. The van der Waals surface area contributed by atoms with Crippen molar-refractivity contribution in [2.45, 2.75) is 51.7 Å². The lowest BCUT2D eigenvalue weighted by Gasteiger charge is -2.33. The Balaban J connectivity index is 1.68. The summed E-state index contributed by atoms with van der Waals surface area (Å²) in [6.07, 6.45) is 3.88. The third-order valence-electron chi connectivity index (χ3n) is 4.68. The van der Waals surface area contributed by atoms with Gasteiger partial charge in [0.05, 0.1) is 5.69 Å². The Bertz CT molecular complexity index is 602. The van der Waals surface area contributed by atoms with Crippen molar-refractivity contribution in [3.8, 4) is 5.75 Å². The lowest BCUT2D eigenvalue weighted by atomic mass is 9.87. The van der Waals surface area contributed by atoms with Crippen molar-refractivity contribution in [1.82, 2.24) is 5.32 Å². The lowest BCUT2D eigenvalue weighted by Crippen LogP contribution is -2.50. The minimum absolute atomic E-state index is 0.0500. The largest absolute Gasteiger partial charge is 0.479 e. The van der Waals surface area contributed by atoms with Gasteiger partial charge in [0.15, 0.2) is 6.10 Å². The second-order valence-electron chi connectivity index (χ2n) is 6.69. The maximum absolute atomic E-state index is 12.4. The van der Waals surface area contributed by atoms with Crippen LogP contribution in [0.3, 0.4) is 0 Å². The maximum Gasteiger partial charge on any atom is 0.268 e. The van der Waals surface area contributed by atoms with Crippen molar-refractivity contribution in [2.24, 2.45) is 5.92 Å². The molecule has 3 unspecified atom stereocenters. The number of nitrogens with one attached hydrogen (secondary N) is 1. The monoisotopic (exact) mass is 316 g/mol. The molecule has 2 amide bonds. The molecule has 1 aliphatic carbocycles. The van der Waals surface area contributed by atoms with Crippen LogP contribution in [-0.4, -0.2) is 30.5 Å². The number of hydrogen-bond donors (Lipinski definition) is 1. The fraction of sp³-hybridized carbons (Fsp3) is 0.556. The number of fused-ring (bicyclic) bond motifs is 1. The van der Waals surface area contributed by atoms with Crippen molar-refractivity contribution in [3.05, 3.63) is 24.3 Å². The predicted molar refractivity (Wildman–Crippen MR) is 88.4 cm³/mol. The smallest absolute Gasteiger partial charge is 0.268 e. The zero-order valence-corrected chi connectivity index (χ0v) is 13.7. The van der Waals surface area contributed by atoms with Gasteiger partial charge in [0.2, 0.25) is 5.91 Å². The lowest BCUT2D eigenvalue weighted by molar-refractivity contribution is -0.128. The number of rotatable bonds is 3. The van der Waals surface area contributed by atoms with Crippen molar-refractivity contribution < 1.29 is 14.3 Å². The summed E-state index contributed by atoms with van der Waals surface area (Å²) in [5.74, 6) is 1.04. The molecule has 5 nitrogen and oxygen atoms in total. The van der Waals surface area contributed by atoms with Crippen LogP contribution in [0.1, 0.15) is 39.5 Å². The van der Waals surface area contributed by atoms with Crippen LogP contribution >= 0.6 is 0 Å². The first kappa shape index (κ1) is 15.8. The molecule has 1 fully saturated rings. The molecule has 3 rings (SSSR count). The Labute approximate surface area is 137 Å². The number of amides is 2. The average molecular weight is 316 g/mol. The standard InChI is InChI=1S/C18H24N2O3/c1-12-6-5-7-14(10-12)19-17(21)11-20-15-8-3-4-9-16(15)23-13(2)18(20)22/h3-4,8-9,12-14H,5-7,10-11H2,1-2H3,(H,19,21). The zero-order chi connectivity index (χ0) is 16.4. The number of ether oxygens (including phenoxy) is 1. The average Bonchev–Trinajstić information content (AvgIpc) is 2.52. The topological polar surface area (TPSA) is 58.6 Å². The summed E-state index contributed by atoms with van der Waals surface area (Å²) in [6.45, 7) is 3.99. The summed E-state index contributed by atoms with van der Waals surface area (Å²) in [5.41, 5.74) is 0.669. The van der Waals surface area contributed by atoms with E-state index in [-0.39, 0.29) is 24.4 Å². The van der Waals surface area contributed by atoms with Crippen LogP contribution in [0.5, 0.6) is 5.75 Å². The SMILES string of the molecule is CC1CCCC(NC(=O)CN2C(=O)C(C)Oc3ccccc32)C1. The van der Waals surface area contributed by atoms with Crippen LogP contribution in [0, 0.1) is 5.92 Å². The summed E-state index contributed by atoms with van der Waals surface area (Å²) in [7, 11) is 0. The van der Waals surface area contributed by atoms with Gasteiger partial charge in [-0.1, -0.05) is 31.9 Å². The summed E-state index contributed by atoms with van der Waals surface area (Å²) < 4.78 is 5.60. The van der Waals surface area contributed by atoms with Crippen LogP contribution < -0.4 is 15.0 Å². The van der Waals surface area contributed by atoms with E-state index in [0.29, 0.717) is 17.4 Å². The fourth-order valence-electron chi connectivity index (χ4n) is 3.50. The van der Waals surface area contributed by atoms with E-state index in [9.17, 15) is 9.59 Å². The van der Waals surface area contributed by atoms with Gasteiger partial charge in [-0.3, -0.25) is 14.5 Å². The molecule has 5 heteroatoms. The number of hydrogen-bond acceptors (Lipinski definition) is 3. The Hall–Kier alpha value is -2.04. The second-order valence-corrected chi connectivity index (χ2v) is 6.69. The van der Waals surface area contributed by atoms with Gasteiger partial charge in [-0.25, -0.2) is 0 Å². The van der Waals surface area contributed by atoms with Gasteiger partial charge in [-0.05, 0) is 37.8 Å². The normalized spacial score (nSPS) is 27.1. The van der Waals surface area contributed by atoms with Crippen LogP contribution in [0.25, 0.3) is 0 Å². The van der Waals surface area contributed by atoms with Crippen molar-refractivity contribution >= 4 is 17.5 Å². The third kappa shape index (κ3) is 3.49. The first-order valence-electron chi connectivity index (χ1n) is 8.41. The minimum atomic E-state index is -0.563. The maximum atomic E-state index is 12.4. The molecule has 1 aromatic carbocycles. The van der Waals surface area contributed by atoms with Gasteiger partial charge in [0, 0.05) is 6.04 Å². The zero-order valence-electron chi connectivity index (χ0n) is 13.7. The van der Waals surface area contributed by atoms with E-state index >= 15 is 0 Å². The van der Waals surface area contributed by atoms with Crippen molar-refractivity contribution in [3.63, 3.8) is 0 Å². The van der Waals surface area contributed by atoms with Crippen molar-refractivity contribution in [1.29, 1.82) is 0 Å². The van der Waals surface area contributed by atoms with Crippen LogP contribution in [-0.2, 0) is 9.59 Å². The molecule has 0 radical (unpaired) electrons. The van der Waals surface area contributed by atoms with Gasteiger partial charge in [-0.15, -0.1) is 0 Å². The van der Waals surface area contributed by atoms with E-state index in [1.54, 1.807) is 6.92 Å². The van der Waals surface area contributed by atoms with Crippen molar-refractivity contribution in [2.75, 3.05) is 11.4 Å². The summed E-state index contributed by atoms with van der Waals surface area (Å²) >= 11 is 0. The van der Waals surface area contributed by atoms with Crippen LogP contribution in [0.2, 0.25) is 0 Å². The quantitative estimate of drug-likeness (QED) is 0.932. The molecule has 0 spiro atoms. The highest BCUT2D eigenvalue weighted by atomic mass is 16.5. The molecule has 0 aromatic heterocycles. The van der Waals surface area contributed by atoms with E-state index in [4.69, 9.17) is 4.74 Å². The van der Waals surface area contributed by atoms with Gasteiger partial charge >= 0.3 is 0 Å². The van der Waals surface area contributed by atoms with Gasteiger partial charge in [-0.2, -0.15) is 0 Å². The fourth-order valence-corrected chi connectivity index (χ4v) is 3.50. The van der Waals surface area contributed by atoms with Gasteiger partial charge in [0.25, 0.3) is 5.91 Å². The predicted octanol–water partition coefficient (Wildman–Crippen LogP) is 2.50. The van der Waals surface area contributed by atoms with Crippen LogP contribution in [0.15, 0.2) is 24.3 Å². The molecular formula is C18H24N2O3. The Morgan fingerprint density at radius 1 is 1.30 bits per heavy atom. The molecule has 0 bridgehead atoms. The van der Waals surface area contributed by atoms with Gasteiger partial charge in [0.1, 0.15) is 12.3 Å². The number of para-hydroxylation sites is 2. The van der Waals surface area contributed by atoms with E-state index in [0.717, 1.165) is 19.3 Å². The molecule has 1 aliphatic heterocycles. The molecular weight excluding hydrogens is 292 g/mol. The number of anilines is 1. The first-order valence-corrected chi connectivity index (χ1v) is 8.41. The molecule has 1 aromatic rings. The number of carbonyl (C=O) groups is 2.